The van der Waals surface area contributed by atoms with Gasteiger partial charge in [0.2, 0.25) is 0 Å². The summed E-state index contributed by atoms with van der Waals surface area (Å²) in [5.41, 5.74) is 0. The highest BCUT2D eigenvalue weighted by Gasteiger charge is 2.17. The predicted octanol–water partition coefficient (Wildman–Crippen LogP) is 1.57. The van der Waals surface area contributed by atoms with Crippen molar-refractivity contribution in [1.82, 2.24) is 5.32 Å². The summed E-state index contributed by atoms with van der Waals surface area (Å²) in [4.78, 5) is 0. The summed E-state index contributed by atoms with van der Waals surface area (Å²) in [5.74, 6) is 0. The lowest BCUT2D eigenvalue weighted by Gasteiger charge is -2.25. The average Bonchev–Trinajstić information content (AvgIpc) is 2.06. The van der Waals surface area contributed by atoms with Crippen molar-refractivity contribution in [1.29, 1.82) is 0 Å². The Labute approximate surface area is 87.2 Å². The molecule has 0 bridgehead atoms. The van der Waals surface area contributed by atoms with Gasteiger partial charge in [-0.25, -0.2) is 0 Å². The van der Waals surface area contributed by atoms with Crippen molar-refractivity contribution in [2.45, 2.75) is 45.3 Å². The molecule has 3 nitrogen and oxygen atoms in total. The minimum Gasteiger partial charge on any atom is -0.376 e. The molecule has 0 saturated carbocycles. The van der Waals surface area contributed by atoms with E-state index < -0.39 is 0 Å². The molecule has 1 fully saturated rings. The Morgan fingerprint density at radius 2 is 2.07 bits per heavy atom. The van der Waals surface area contributed by atoms with Crippen LogP contribution in [0.15, 0.2) is 0 Å². The van der Waals surface area contributed by atoms with Gasteiger partial charge in [0.05, 0.1) is 13.2 Å². The van der Waals surface area contributed by atoms with Gasteiger partial charge in [-0.15, -0.1) is 0 Å². The van der Waals surface area contributed by atoms with Crippen molar-refractivity contribution in [3.63, 3.8) is 0 Å². The van der Waals surface area contributed by atoms with Gasteiger partial charge in [-0.3, -0.25) is 0 Å². The van der Waals surface area contributed by atoms with Crippen LogP contribution in [-0.4, -0.2) is 38.5 Å². The van der Waals surface area contributed by atoms with Gasteiger partial charge < -0.3 is 14.8 Å². The van der Waals surface area contributed by atoms with Crippen molar-refractivity contribution in [2.24, 2.45) is 0 Å². The number of hydrogen-bond acceptors (Lipinski definition) is 3. The first-order chi connectivity index (χ1) is 6.79. The second-order valence-electron chi connectivity index (χ2n) is 4.20. The summed E-state index contributed by atoms with van der Waals surface area (Å²) in [5, 5.41) is 3.41. The van der Waals surface area contributed by atoms with E-state index in [0.29, 0.717) is 12.1 Å². The summed E-state index contributed by atoms with van der Waals surface area (Å²) in [6.45, 7) is 7.99. The zero-order valence-corrected chi connectivity index (χ0v) is 9.42. The van der Waals surface area contributed by atoms with Gasteiger partial charge in [-0.05, 0) is 25.8 Å². The Morgan fingerprint density at radius 1 is 1.29 bits per heavy atom. The van der Waals surface area contributed by atoms with Gasteiger partial charge in [0.15, 0.2) is 0 Å². The first kappa shape index (κ1) is 12.0. The Morgan fingerprint density at radius 3 is 2.64 bits per heavy atom. The molecule has 1 aliphatic heterocycles. The average molecular weight is 201 g/mol. The van der Waals surface area contributed by atoms with Crippen LogP contribution in [0.2, 0.25) is 0 Å². The Hall–Kier alpha value is -0.120. The van der Waals surface area contributed by atoms with E-state index in [1.54, 1.807) is 0 Å². The highest BCUT2D eigenvalue weighted by atomic mass is 16.6. The molecule has 1 saturated heterocycles. The maximum atomic E-state index is 5.56. The van der Waals surface area contributed by atoms with E-state index in [1.165, 1.54) is 19.3 Å². The molecule has 14 heavy (non-hydrogen) atoms. The number of ether oxygens (including phenoxy) is 2. The van der Waals surface area contributed by atoms with Crippen LogP contribution in [0.1, 0.15) is 33.1 Å². The van der Waals surface area contributed by atoms with Crippen molar-refractivity contribution in [2.75, 3.05) is 26.4 Å². The normalized spacial score (nSPS) is 17.4. The molecular weight excluding hydrogens is 178 g/mol. The van der Waals surface area contributed by atoms with Crippen molar-refractivity contribution in [3.8, 4) is 0 Å². The second-order valence-corrected chi connectivity index (χ2v) is 4.20. The van der Waals surface area contributed by atoms with E-state index in [9.17, 15) is 0 Å². The molecule has 0 unspecified atom stereocenters. The molecule has 1 N–H and O–H groups in total. The van der Waals surface area contributed by atoms with E-state index >= 15 is 0 Å². The van der Waals surface area contributed by atoms with Crippen LogP contribution in [0.25, 0.3) is 0 Å². The van der Waals surface area contributed by atoms with Gasteiger partial charge in [-0.2, -0.15) is 0 Å². The van der Waals surface area contributed by atoms with Crippen LogP contribution in [-0.2, 0) is 9.47 Å². The van der Waals surface area contributed by atoms with Crippen molar-refractivity contribution in [3.05, 3.63) is 0 Å². The summed E-state index contributed by atoms with van der Waals surface area (Å²) in [7, 11) is 0. The van der Waals surface area contributed by atoms with E-state index in [4.69, 9.17) is 9.47 Å². The topological polar surface area (TPSA) is 30.5 Å². The van der Waals surface area contributed by atoms with Crippen molar-refractivity contribution >= 4 is 0 Å². The fourth-order valence-electron chi connectivity index (χ4n) is 1.35. The van der Waals surface area contributed by atoms with Crippen LogP contribution in [0.4, 0.5) is 0 Å². The first-order valence-electron chi connectivity index (χ1n) is 5.72. The molecule has 0 aliphatic carbocycles. The minimum absolute atomic E-state index is 0.392. The molecule has 0 aromatic rings. The molecule has 84 valence electrons. The zero-order chi connectivity index (χ0) is 10.2. The molecule has 0 spiro atoms. The lowest BCUT2D eigenvalue weighted by Crippen LogP contribution is -2.36. The fourth-order valence-corrected chi connectivity index (χ4v) is 1.35. The van der Waals surface area contributed by atoms with Gasteiger partial charge >= 0.3 is 0 Å². The third kappa shape index (κ3) is 5.58. The summed E-state index contributed by atoms with van der Waals surface area (Å²) in [6.07, 6.45) is 4.08. The SMILES string of the molecule is CC(C)NCCCCCOC1COC1. The quantitative estimate of drug-likeness (QED) is 0.605. The second kappa shape index (κ2) is 7.21. The Bertz CT molecular complexity index is 135. The fraction of sp³-hybridized carbons (Fsp3) is 1.00. The number of unbranched alkanes of at least 4 members (excludes halogenated alkanes) is 2. The molecule has 0 aromatic heterocycles. The lowest BCUT2D eigenvalue weighted by molar-refractivity contribution is -0.129. The third-order valence-corrected chi connectivity index (χ3v) is 2.33. The molecule has 1 rings (SSSR count). The highest BCUT2D eigenvalue weighted by Crippen LogP contribution is 2.06. The standard InChI is InChI=1S/C11H23NO2/c1-10(2)12-6-4-3-5-7-14-11-8-13-9-11/h10-12H,3-9H2,1-2H3. The van der Waals surface area contributed by atoms with E-state index in [2.05, 4.69) is 19.2 Å². The predicted molar refractivity (Wildman–Crippen MR) is 57.5 cm³/mol. The number of hydrogen-bond donors (Lipinski definition) is 1. The minimum atomic E-state index is 0.392. The smallest absolute Gasteiger partial charge is 0.104 e. The molecule has 0 radical (unpaired) electrons. The van der Waals surface area contributed by atoms with Crippen molar-refractivity contribution < 1.29 is 9.47 Å². The summed E-state index contributed by atoms with van der Waals surface area (Å²) >= 11 is 0. The highest BCUT2D eigenvalue weighted by molar-refractivity contribution is 4.63. The monoisotopic (exact) mass is 201 g/mol. The molecule has 0 aromatic carbocycles. The number of rotatable bonds is 8. The maximum absolute atomic E-state index is 5.56. The van der Waals surface area contributed by atoms with E-state index in [1.807, 2.05) is 0 Å². The molecule has 1 aliphatic rings. The van der Waals surface area contributed by atoms with E-state index in [0.717, 1.165) is 26.4 Å². The van der Waals surface area contributed by atoms with Gasteiger partial charge in [0.1, 0.15) is 6.10 Å². The largest absolute Gasteiger partial charge is 0.376 e. The van der Waals surface area contributed by atoms with Crippen LogP contribution >= 0.6 is 0 Å². The number of nitrogens with one attached hydrogen (secondary N) is 1. The van der Waals surface area contributed by atoms with Gasteiger partial charge in [0, 0.05) is 12.6 Å². The first-order valence-corrected chi connectivity index (χ1v) is 5.72. The zero-order valence-electron chi connectivity index (χ0n) is 9.42. The maximum Gasteiger partial charge on any atom is 0.104 e. The lowest BCUT2D eigenvalue weighted by atomic mass is 10.2. The van der Waals surface area contributed by atoms with E-state index in [-0.39, 0.29) is 0 Å². The van der Waals surface area contributed by atoms with Crippen LogP contribution in [0.5, 0.6) is 0 Å². The molecular formula is C11H23NO2. The van der Waals surface area contributed by atoms with Crippen LogP contribution in [0.3, 0.4) is 0 Å². The third-order valence-electron chi connectivity index (χ3n) is 2.33. The molecule has 1 heterocycles. The summed E-state index contributed by atoms with van der Waals surface area (Å²) in [6, 6.07) is 0.610. The summed E-state index contributed by atoms with van der Waals surface area (Å²) < 4.78 is 10.6. The van der Waals surface area contributed by atoms with Gasteiger partial charge in [0.25, 0.3) is 0 Å². The van der Waals surface area contributed by atoms with Gasteiger partial charge in [-0.1, -0.05) is 13.8 Å². The molecule has 3 heteroatoms. The van der Waals surface area contributed by atoms with Crippen LogP contribution < -0.4 is 5.32 Å². The molecule has 0 amide bonds. The molecule has 0 atom stereocenters. The Balaban J connectivity index is 1.71. The Kier molecular flexibility index (Phi) is 6.15. The van der Waals surface area contributed by atoms with Crippen LogP contribution in [0, 0.1) is 0 Å².